The van der Waals surface area contributed by atoms with E-state index in [0.717, 1.165) is 6.42 Å². The monoisotopic (exact) mass is 502 g/mol. The second-order valence-electron chi connectivity index (χ2n) is 8.82. The second kappa shape index (κ2) is 11.1. The topological polar surface area (TPSA) is 140 Å². The van der Waals surface area contributed by atoms with Crippen LogP contribution < -0.4 is 21.3 Å². The summed E-state index contributed by atoms with van der Waals surface area (Å²) in [5.41, 5.74) is 1.06. The van der Waals surface area contributed by atoms with Gasteiger partial charge in [0.25, 0.3) is 0 Å². The molecule has 4 N–H and O–H groups in total. The normalized spacial score (nSPS) is 24.5. The van der Waals surface area contributed by atoms with Gasteiger partial charge in [-0.25, -0.2) is 4.79 Å². The average molecular weight is 503 g/mol. The molecule has 3 aliphatic rings. The van der Waals surface area contributed by atoms with E-state index in [1.54, 1.807) is 36.0 Å². The zero-order valence-electron chi connectivity index (χ0n) is 19.5. The van der Waals surface area contributed by atoms with Crippen molar-refractivity contribution >= 4 is 47.0 Å². The quantitative estimate of drug-likeness (QED) is 0.415. The molecule has 0 spiro atoms. The van der Waals surface area contributed by atoms with Crippen LogP contribution in [-0.2, 0) is 14.4 Å². The first-order valence-corrected chi connectivity index (χ1v) is 12.9. The smallest absolute Gasteiger partial charge is 0.321 e. The Balaban J connectivity index is 1.46. The Morgan fingerprint density at radius 2 is 1.89 bits per heavy atom. The van der Waals surface area contributed by atoms with E-state index in [1.807, 2.05) is 0 Å². The summed E-state index contributed by atoms with van der Waals surface area (Å²) in [5, 5.41) is 11.4. The van der Waals surface area contributed by atoms with Crippen molar-refractivity contribution in [1.29, 1.82) is 0 Å². The number of carbonyl (C=O) groups excluding carboxylic acids is 5. The zero-order valence-corrected chi connectivity index (χ0v) is 20.4. The van der Waals surface area contributed by atoms with Gasteiger partial charge in [-0.05, 0) is 44.0 Å². The van der Waals surface area contributed by atoms with E-state index in [0.29, 0.717) is 35.8 Å². The average Bonchev–Trinajstić information content (AvgIpc) is 3.40. The van der Waals surface area contributed by atoms with Crippen molar-refractivity contribution < 1.29 is 24.0 Å². The minimum atomic E-state index is -0.913. The Bertz CT molecular complexity index is 997. The number of urea groups is 1. The number of hydrogen-bond acceptors (Lipinski definition) is 7. The summed E-state index contributed by atoms with van der Waals surface area (Å²) < 4.78 is 0. The first-order chi connectivity index (χ1) is 16.8. The standard InChI is InChI=1S/C23H30N6O5S/c1-14(30)15-4-6-16(7-5-15)26-23(34)28-9-10-29(22(33)18-12-35-13-25-18)19(11-28)21(32)27-17-3-2-8-24-20(17)31/h4-7,17-19,25H,2-3,8-13H2,1H3,(H,24,31)(H,26,34)(H,27,32). The predicted octanol–water partition coefficient (Wildman–Crippen LogP) is -0.00880. The molecule has 0 bridgehead atoms. The van der Waals surface area contributed by atoms with Gasteiger partial charge in [0.1, 0.15) is 12.1 Å². The molecule has 0 radical (unpaired) electrons. The fourth-order valence-corrected chi connectivity index (χ4v) is 5.31. The third kappa shape index (κ3) is 5.93. The Labute approximate surface area is 207 Å². The van der Waals surface area contributed by atoms with E-state index in [9.17, 15) is 24.0 Å². The number of benzene rings is 1. The molecule has 3 unspecified atom stereocenters. The van der Waals surface area contributed by atoms with Crippen LogP contribution in [0.15, 0.2) is 24.3 Å². The fourth-order valence-electron chi connectivity index (χ4n) is 4.38. The summed E-state index contributed by atoms with van der Waals surface area (Å²) in [6.07, 6.45) is 1.28. The van der Waals surface area contributed by atoms with Crippen molar-refractivity contribution in [2.75, 3.05) is 43.1 Å². The van der Waals surface area contributed by atoms with Crippen LogP contribution in [0.4, 0.5) is 10.5 Å². The zero-order chi connectivity index (χ0) is 24.9. The van der Waals surface area contributed by atoms with Crippen molar-refractivity contribution in [3.05, 3.63) is 29.8 Å². The van der Waals surface area contributed by atoms with Gasteiger partial charge in [-0.1, -0.05) is 0 Å². The van der Waals surface area contributed by atoms with Gasteiger partial charge in [0.2, 0.25) is 17.7 Å². The van der Waals surface area contributed by atoms with Crippen molar-refractivity contribution in [2.24, 2.45) is 0 Å². The highest BCUT2D eigenvalue weighted by Gasteiger charge is 2.41. The number of Topliss-reactive ketones (excluding diaryl/α,β-unsaturated/α-hetero) is 1. The summed E-state index contributed by atoms with van der Waals surface area (Å²) in [5.74, 6) is 0.350. The Hall–Kier alpha value is -3.12. The maximum absolute atomic E-state index is 13.3. The highest BCUT2D eigenvalue weighted by atomic mass is 32.2. The molecule has 5 amide bonds. The van der Waals surface area contributed by atoms with Crippen LogP contribution in [0.2, 0.25) is 0 Å². The number of carbonyl (C=O) groups is 5. The molecule has 3 aliphatic heterocycles. The lowest BCUT2D eigenvalue weighted by molar-refractivity contribution is -0.145. The van der Waals surface area contributed by atoms with Gasteiger partial charge in [0.15, 0.2) is 5.78 Å². The van der Waals surface area contributed by atoms with Gasteiger partial charge in [0.05, 0.1) is 12.6 Å². The Kier molecular flexibility index (Phi) is 7.91. The lowest BCUT2D eigenvalue weighted by atomic mass is 10.0. The number of piperazine rings is 1. The van der Waals surface area contributed by atoms with Crippen molar-refractivity contribution in [2.45, 2.75) is 37.9 Å². The van der Waals surface area contributed by atoms with Crippen molar-refractivity contribution in [3.63, 3.8) is 0 Å². The first-order valence-electron chi connectivity index (χ1n) is 11.7. The molecular formula is C23H30N6O5S. The SMILES string of the molecule is CC(=O)c1ccc(NC(=O)N2CCN(C(=O)C3CSCN3)C(C(=O)NC3CCCNC3=O)C2)cc1. The highest BCUT2D eigenvalue weighted by Crippen LogP contribution is 2.19. The summed E-state index contributed by atoms with van der Waals surface area (Å²) in [4.78, 5) is 66.0. The van der Waals surface area contributed by atoms with Crippen LogP contribution in [0.3, 0.4) is 0 Å². The molecule has 1 aromatic rings. The third-order valence-electron chi connectivity index (χ3n) is 6.41. The van der Waals surface area contributed by atoms with Crippen LogP contribution in [-0.4, -0.2) is 95.3 Å². The van der Waals surface area contributed by atoms with E-state index in [1.165, 1.54) is 16.7 Å². The van der Waals surface area contributed by atoms with Crippen LogP contribution >= 0.6 is 11.8 Å². The van der Waals surface area contributed by atoms with Gasteiger partial charge in [-0.15, -0.1) is 11.8 Å². The van der Waals surface area contributed by atoms with Gasteiger partial charge in [-0.3, -0.25) is 24.5 Å². The van der Waals surface area contributed by atoms with Crippen molar-refractivity contribution in [1.82, 2.24) is 25.8 Å². The van der Waals surface area contributed by atoms with E-state index in [4.69, 9.17) is 0 Å². The van der Waals surface area contributed by atoms with Gasteiger partial charge in [0, 0.05) is 42.5 Å². The molecule has 3 saturated heterocycles. The van der Waals surface area contributed by atoms with E-state index in [2.05, 4.69) is 21.3 Å². The maximum Gasteiger partial charge on any atom is 0.321 e. The molecule has 11 nitrogen and oxygen atoms in total. The van der Waals surface area contributed by atoms with Crippen LogP contribution in [0.1, 0.15) is 30.1 Å². The summed E-state index contributed by atoms with van der Waals surface area (Å²) in [6, 6.07) is 4.19. The van der Waals surface area contributed by atoms with Crippen LogP contribution in [0.5, 0.6) is 0 Å². The van der Waals surface area contributed by atoms with Gasteiger partial charge in [-0.2, -0.15) is 0 Å². The van der Waals surface area contributed by atoms with Gasteiger partial charge >= 0.3 is 6.03 Å². The Morgan fingerprint density at radius 3 is 2.54 bits per heavy atom. The molecule has 0 saturated carbocycles. The summed E-state index contributed by atoms with van der Waals surface area (Å²) >= 11 is 1.61. The van der Waals surface area contributed by atoms with E-state index >= 15 is 0 Å². The number of thioether (sulfide) groups is 1. The van der Waals surface area contributed by atoms with Crippen LogP contribution in [0.25, 0.3) is 0 Å². The largest absolute Gasteiger partial charge is 0.354 e. The molecule has 0 aliphatic carbocycles. The molecular weight excluding hydrogens is 472 g/mol. The molecule has 3 fully saturated rings. The fraction of sp³-hybridized carbons (Fsp3) is 0.522. The molecule has 3 atom stereocenters. The number of hydrogen-bond donors (Lipinski definition) is 4. The van der Waals surface area contributed by atoms with Crippen molar-refractivity contribution in [3.8, 4) is 0 Å². The molecule has 1 aromatic carbocycles. The number of nitrogens with zero attached hydrogens (tertiary/aromatic N) is 2. The highest BCUT2D eigenvalue weighted by molar-refractivity contribution is 7.99. The number of rotatable bonds is 5. The second-order valence-corrected chi connectivity index (χ2v) is 9.85. The predicted molar refractivity (Wildman–Crippen MR) is 131 cm³/mol. The number of nitrogens with one attached hydrogen (secondary N) is 4. The molecule has 188 valence electrons. The van der Waals surface area contributed by atoms with E-state index < -0.39 is 24.0 Å². The Morgan fingerprint density at radius 1 is 1.11 bits per heavy atom. The molecule has 3 heterocycles. The number of amides is 5. The van der Waals surface area contributed by atoms with E-state index in [-0.39, 0.29) is 43.3 Å². The minimum absolute atomic E-state index is 0.00311. The lowest BCUT2D eigenvalue weighted by Crippen LogP contribution is -2.65. The first kappa shape index (κ1) is 25.0. The number of piperidine rings is 1. The lowest BCUT2D eigenvalue weighted by Gasteiger charge is -2.41. The molecule has 35 heavy (non-hydrogen) atoms. The molecule has 0 aromatic heterocycles. The van der Waals surface area contributed by atoms with Crippen LogP contribution in [0, 0.1) is 0 Å². The molecule has 12 heteroatoms. The summed E-state index contributed by atoms with van der Waals surface area (Å²) in [7, 11) is 0. The van der Waals surface area contributed by atoms with Gasteiger partial charge < -0.3 is 25.8 Å². The minimum Gasteiger partial charge on any atom is -0.354 e. The third-order valence-corrected chi connectivity index (χ3v) is 7.35. The number of ketones is 1. The summed E-state index contributed by atoms with van der Waals surface area (Å²) in [6.45, 7) is 2.51. The number of anilines is 1. The maximum atomic E-state index is 13.3. The molecule has 4 rings (SSSR count).